The van der Waals surface area contributed by atoms with E-state index in [9.17, 15) is 5.11 Å². The van der Waals surface area contributed by atoms with Crippen LogP contribution in [0.2, 0.25) is 0 Å². The molecular weight excluding hydrogens is 198 g/mol. The Hall–Kier alpha value is -0.0500. The number of hydrogen-bond acceptors (Lipinski definition) is 2. The van der Waals surface area contributed by atoms with Gasteiger partial charge in [-0.3, -0.25) is 0 Å². The lowest BCUT2D eigenvalue weighted by Crippen LogP contribution is -2.30. The first-order valence-corrected chi connectivity index (χ1v) is 5.43. The average Bonchev–Trinajstić information content (AvgIpc) is 2.00. The third-order valence-corrected chi connectivity index (χ3v) is 2.19. The molecule has 14 heavy (non-hydrogen) atoms. The van der Waals surface area contributed by atoms with Crippen LogP contribution in [0.25, 0.3) is 0 Å². The SMILES string of the molecule is CC(=CCl)CNCC(O)CC(C)(C)C. The monoisotopic (exact) mass is 219 g/mol. The zero-order valence-corrected chi connectivity index (χ0v) is 10.4. The summed E-state index contributed by atoms with van der Waals surface area (Å²) in [5.74, 6) is 0. The normalized spacial score (nSPS) is 15.7. The third kappa shape index (κ3) is 8.54. The Morgan fingerprint density at radius 3 is 2.50 bits per heavy atom. The molecule has 0 aromatic carbocycles. The lowest BCUT2D eigenvalue weighted by atomic mass is 9.89. The maximum absolute atomic E-state index is 9.66. The molecule has 0 aromatic heterocycles. The molecule has 0 aliphatic heterocycles. The highest BCUT2D eigenvalue weighted by Crippen LogP contribution is 2.20. The molecule has 2 nitrogen and oxygen atoms in total. The van der Waals surface area contributed by atoms with Crippen molar-refractivity contribution < 1.29 is 5.11 Å². The number of halogens is 1. The molecule has 0 aliphatic rings. The second-order valence-electron chi connectivity index (χ2n) is 5.00. The summed E-state index contributed by atoms with van der Waals surface area (Å²) in [6, 6.07) is 0. The number of rotatable bonds is 5. The van der Waals surface area contributed by atoms with Gasteiger partial charge in [0, 0.05) is 18.6 Å². The van der Waals surface area contributed by atoms with Crippen molar-refractivity contribution in [3.05, 3.63) is 11.1 Å². The quantitative estimate of drug-likeness (QED) is 0.745. The van der Waals surface area contributed by atoms with Gasteiger partial charge in [0.1, 0.15) is 0 Å². The van der Waals surface area contributed by atoms with Crippen molar-refractivity contribution in [2.75, 3.05) is 13.1 Å². The molecule has 1 atom stereocenters. The third-order valence-electron chi connectivity index (χ3n) is 1.82. The van der Waals surface area contributed by atoms with Crippen LogP contribution in [0, 0.1) is 5.41 Å². The van der Waals surface area contributed by atoms with Gasteiger partial charge in [-0.1, -0.05) is 32.4 Å². The zero-order chi connectivity index (χ0) is 11.2. The minimum atomic E-state index is -0.280. The fourth-order valence-corrected chi connectivity index (χ4v) is 1.33. The van der Waals surface area contributed by atoms with Gasteiger partial charge >= 0.3 is 0 Å². The summed E-state index contributed by atoms with van der Waals surface area (Å²) >= 11 is 5.51. The second-order valence-corrected chi connectivity index (χ2v) is 5.22. The number of aliphatic hydroxyl groups is 1. The Bertz CT molecular complexity index is 184. The van der Waals surface area contributed by atoms with Gasteiger partial charge in [-0.25, -0.2) is 0 Å². The van der Waals surface area contributed by atoms with Gasteiger partial charge in [0.15, 0.2) is 0 Å². The molecule has 0 aromatic rings. The first-order valence-electron chi connectivity index (χ1n) is 5.00. The summed E-state index contributed by atoms with van der Waals surface area (Å²) in [6.45, 7) is 9.70. The van der Waals surface area contributed by atoms with E-state index in [4.69, 9.17) is 11.6 Å². The van der Waals surface area contributed by atoms with Crippen LogP contribution in [0.3, 0.4) is 0 Å². The first-order chi connectivity index (χ1) is 6.35. The maximum atomic E-state index is 9.66. The molecule has 0 saturated heterocycles. The van der Waals surface area contributed by atoms with E-state index in [0.29, 0.717) is 6.54 Å². The van der Waals surface area contributed by atoms with Crippen molar-refractivity contribution in [1.29, 1.82) is 0 Å². The average molecular weight is 220 g/mol. The van der Waals surface area contributed by atoms with Gasteiger partial charge in [0.25, 0.3) is 0 Å². The van der Waals surface area contributed by atoms with Crippen LogP contribution in [0.15, 0.2) is 11.1 Å². The minimum Gasteiger partial charge on any atom is -0.392 e. The molecule has 1 unspecified atom stereocenters. The summed E-state index contributed by atoms with van der Waals surface area (Å²) in [5, 5.41) is 12.8. The van der Waals surface area contributed by atoms with Crippen molar-refractivity contribution in [3.63, 3.8) is 0 Å². The van der Waals surface area contributed by atoms with Gasteiger partial charge in [-0.05, 0) is 24.3 Å². The Balaban J connectivity index is 3.60. The Morgan fingerprint density at radius 1 is 1.50 bits per heavy atom. The van der Waals surface area contributed by atoms with Gasteiger partial charge < -0.3 is 10.4 Å². The van der Waals surface area contributed by atoms with E-state index in [2.05, 4.69) is 26.1 Å². The van der Waals surface area contributed by atoms with Crippen molar-refractivity contribution in [2.24, 2.45) is 5.41 Å². The number of nitrogens with one attached hydrogen (secondary N) is 1. The molecule has 0 radical (unpaired) electrons. The molecule has 0 aliphatic carbocycles. The van der Waals surface area contributed by atoms with Gasteiger partial charge in [-0.2, -0.15) is 0 Å². The minimum absolute atomic E-state index is 0.179. The Kier molecular flexibility index (Phi) is 6.41. The van der Waals surface area contributed by atoms with E-state index in [1.807, 2.05) is 6.92 Å². The molecule has 0 heterocycles. The predicted molar refractivity (Wildman–Crippen MR) is 62.6 cm³/mol. The van der Waals surface area contributed by atoms with Crippen LogP contribution in [0.5, 0.6) is 0 Å². The maximum Gasteiger partial charge on any atom is 0.0669 e. The van der Waals surface area contributed by atoms with E-state index in [0.717, 1.165) is 18.5 Å². The van der Waals surface area contributed by atoms with E-state index in [-0.39, 0.29) is 11.5 Å². The molecule has 0 amide bonds. The molecule has 0 rings (SSSR count). The molecule has 3 heteroatoms. The molecular formula is C11H22ClNO. The Morgan fingerprint density at radius 2 is 2.07 bits per heavy atom. The number of hydrogen-bond donors (Lipinski definition) is 2. The van der Waals surface area contributed by atoms with Crippen LogP contribution in [-0.2, 0) is 0 Å². The lowest BCUT2D eigenvalue weighted by Gasteiger charge is -2.22. The van der Waals surface area contributed by atoms with Gasteiger partial charge in [0.2, 0.25) is 0 Å². The highest BCUT2D eigenvalue weighted by Gasteiger charge is 2.15. The summed E-state index contributed by atoms with van der Waals surface area (Å²) < 4.78 is 0. The van der Waals surface area contributed by atoms with E-state index in [1.54, 1.807) is 5.54 Å². The highest BCUT2D eigenvalue weighted by molar-refractivity contribution is 6.25. The summed E-state index contributed by atoms with van der Waals surface area (Å²) in [6.07, 6.45) is 0.530. The lowest BCUT2D eigenvalue weighted by molar-refractivity contribution is 0.120. The summed E-state index contributed by atoms with van der Waals surface area (Å²) in [4.78, 5) is 0. The van der Waals surface area contributed by atoms with Crippen molar-refractivity contribution >= 4 is 11.6 Å². The molecule has 0 spiro atoms. The molecule has 2 N–H and O–H groups in total. The second kappa shape index (κ2) is 6.44. The Labute approximate surface area is 92.3 Å². The largest absolute Gasteiger partial charge is 0.392 e. The van der Waals surface area contributed by atoms with E-state index < -0.39 is 0 Å². The van der Waals surface area contributed by atoms with Crippen molar-refractivity contribution in [2.45, 2.75) is 40.2 Å². The number of aliphatic hydroxyl groups excluding tert-OH is 1. The fraction of sp³-hybridized carbons (Fsp3) is 0.818. The van der Waals surface area contributed by atoms with E-state index in [1.165, 1.54) is 0 Å². The van der Waals surface area contributed by atoms with Crippen molar-refractivity contribution in [3.8, 4) is 0 Å². The predicted octanol–water partition coefficient (Wildman–Crippen LogP) is 2.52. The first kappa shape index (κ1) is 13.9. The summed E-state index contributed by atoms with van der Waals surface area (Å²) in [5.41, 5.74) is 2.82. The molecule has 0 bridgehead atoms. The van der Waals surface area contributed by atoms with Gasteiger partial charge in [0.05, 0.1) is 6.10 Å². The van der Waals surface area contributed by atoms with Crippen LogP contribution < -0.4 is 5.32 Å². The van der Waals surface area contributed by atoms with Crippen LogP contribution in [0.1, 0.15) is 34.1 Å². The highest BCUT2D eigenvalue weighted by atomic mass is 35.5. The smallest absolute Gasteiger partial charge is 0.0669 e. The van der Waals surface area contributed by atoms with Crippen LogP contribution >= 0.6 is 11.6 Å². The van der Waals surface area contributed by atoms with Crippen molar-refractivity contribution in [1.82, 2.24) is 5.32 Å². The van der Waals surface area contributed by atoms with Crippen LogP contribution in [0.4, 0.5) is 0 Å². The molecule has 0 saturated carbocycles. The zero-order valence-electron chi connectivity index (χ0n) is 9.60. The molecule has 84 valence electrons. The topological polar surface area (TPSA) is 32.3 Å². The van der Waals surface area contributed by atoms with E-state index >= 15 is 0 Å². The fourth-order valence-electron chi connectivity index (χ4n) is 1.25. The van der Waals surface area contributed by atoms with Gasteiger partial charge in [-0.15, -0.1) is 0 Å². The summed E-state index contributed by atoms with van der Waals surface area (Å²) in [7, 11) is 0. The van der Waals surface area contributed by atoms with Crippen LogP contribution in [-0.4, -0.2) is 24.3 Å². The standard InChI is InChI=1S/C11H22ClNO/c1-9(6-12)7-13-8-10(14)5-11(2,3)4/h6,10,13-14H,5,7-8H2,1-4H3. The molecule has 0 fully saturated rings.